The lowest BCUT2D eigenvalue weighted by atomic mass is 9.96. The largest absolute Gasteiger partial charge is 0.493 e. The molecule has 1 N–H and O–H groups in total. The Kier molecular flexibility index (Phi) is 6.98. The number of pyridine rings is 1. The normalized spacial score (nSPS) is 14.3. The van der Waals surface area contributed by atoms with Gasteiger partial charge in [-0.25, -0.2) is 9.78 Å². The van der Waals surface area contributed by atoms with E-state index in [0.29, 0.717) is 41.9 Å². The molecule has 33 heavy (non-hydrogen) atoms. The summed E-state index contributed by atoms with van der Waals surface area (Å²) in [6, 6.07) is 10.3. The first-order valence-corrected chi connectivity index (χ1v) is 11.9. The summed E-state index contributed by atoms with van der Waals surface area (Å²) >= 11 is 1.45. The van der Waals surface area contributed by atoms with Crippen molar-refractivity contribution in [3.05, 3.63) is 64.1 Å². The van der Waals surface area contributed by atoms with E-state index in [1.54, 1.807) is 36.5 Å². The van der Waals surface area contributed by atoms with Crippen LogP contribution in [0.2, 0.25) is 0 Å². The predicted octanol–water partition coefficient (Wildman–Crippen LogP) is 3.20. The van der Waals surface area contributed by atoms with Crippen LogP contribution in [0.1, 0.15) is 33.6 Å². The van der Waals surface area contributed by atoms with Gasteiger partial charge in [0.1, 0.15) is 10.6 Å². The van der Waals surface area contributed by atoms with Gasteiger partial charge in [-0.3, -0.25) is 9.59 Å². The van der Waals surface area contributed by atoms with Gasteiger partial charge in [-0.05, 0) is 49.3 Å². The van der Waals surface area contributed by atoms with Gasteiger partial charge in [-0.2, -0.15) is 0 Å². The number of thioether (sulfide) groups is 1. The van der Waals surface area contributed by atoms with E-state index in [-0.39, 0.29) is 17.4 Å². The topological polar surface area (TPSA) is 102 Å². The molecule has 1 aliphatic rings. The summed E-state index contributed by atoms with van der Waals surface area (Å²) in [7, 11) is 1.49. The van der Waals surface area contributed by atoms with E-state index in [1.165, 1.54) is 24.9 Å². The first-order valence-electron chi connectivity index (χ1n) is 10.7. The van der Waals surface area contributed by atoms with E-state index < -0.39 is 11.5 Å². The Bertz CT molecular complexity index is 1230. The fourth-order valence-corrected chi connectivity index (χ4v) is 4.54. The first-order chi connectivity index (χ1) is 16.0. The van der Waals surface area contributed by atoms with Crippen LogP contribution >= 0.6 is 11.8 Å². The highest BCUT2D eigenvalue weighted by molar-refractivity contribution is 7.98. The minimum absolute atomic E-state index is 0.0147. The molecule has 3 heterocycles. The molecule has 172 valence electrons. The SMILES string of the molecule is COc1cccc2cc(C(=O)NCC3CCN(C(=O)c4cccnc4SC)CC3)c(=O)oc12. The number of carbonyl (C=O) groups excluding carboxylic acids is 2. The number of rotatable bonds is 6. The lowest BCUT2D eigenvalue weighted by molar-refractivity contribution is 0.0680. The average Bonchev–Trinajstić information content (AvgIpc) is 2.86. The number of nitrogens with zero attached hydrogens (tertiary/aromatic N) is 2. The summed E-state index contributed by atoms with van der Waals surface area (Å²) < 4.78 is 10.5. The van der Waals surface area contributed by atoms with Crippen molar-refractivity contribution in [2.75, 3.05) is 33.0 Å². The van der Waals surface area contributed by atoms with E-state index in [1.807, 2.05) is 11.2 Å². The molecule has 1 fully saturated rings. The molecule has 0 atom stereocenters. The van der Waals surface area contributed by atoms with Gasteiger partial charge in [-0.15, -0.1) is 11.8 Å². The zero-order valence-corrected chi connectivity index (χ0v) is 19.3. The zero-order valence-electron chi connectivity index (χ0n) is 18.5. The number of para-hydroxylation sites is 1. The van der Waals surface area contributed by atoms with Gasteiger partial charge in [0.05, 0.1) is 12.7 Å². The van der Waals surface area contributed by atoms with Crippen molar-refractivity contribution in [2.24, 2.45) is 5.92 Å². The second-order valence-electron chi connectivity index (χ2n) is 7.83. The quantitative estimate of drug-likeness (QED) is 0.439. The number of methoxy groups -OCH3 is 1. The van der Waals surface area contributed by atoms with E-state index in [9.17, 15) is 14.4 Å². The molecule has 1 saturated heterocycles. The smallest absolute Gasteiger partial charge is 0.349 e. The number of aromatic nitrogens is 1. The first kappa shape index (κ1) is 22.8. The summed E-state index contributed by atoms with van der Waals surface area (Å²) in [4.78, 5) is 44.0. The number of carbonyl (C=O) groups is 2. The molecule has 1 aliphatic heterocycles. The van der Waals surface area contributed by atoms with Crippen LogP contribution in [0.5, 0.6) is 5.75 Å². The van der Waals surface area contributed by atoms with Crippen molar-refractivity contribution in [2.45, 2.75) is 17.9 Å². The highest BCUT2D eigenvalue weighted by Crippen LogP contribution is 2.25. The van der Waals surface area contributed by atoms with Gasteiger partial charge in [0, 0.05) is 31.2 Å². The summed E-state index contributed by atoms with van der Waals surface area (Å²) in [5.41, 5.74) is 0.198. The number of nitrogens with one attached hydrogen (secondary N) is 1. The standard InChI is InChI=1S/C24H25N3O5S/c1-31-19-7-3-5-16-13-18(24(30)32-20(16)19)21(28)26-14-15-8-11-27(12-9-15)23(29)17-6-4-10-25-22(17)33-2/h3-7,10,13,15H,8-9,11-12,14H2,1-2H3,(H,26,28). The summed E-state index contributed by atoms with van der Waals surface area (Å²) in [5, 5.41) is 4.19. The number of amides is 2. The molecule has 8 nitrogen and oxygen atoms in total. The monoisotopic (exact) mass is 467 g/mol. The molecule has 9 heteroatoms. The van der Waals surface area contributed by atoms with Crippen LogP contribution in [0.25, 0.3) is 11.0 Å². The van der Waals surface area contributed by atoms with Gasteiger partial charge >= 0.3 is 5.63 Å². The van der Waals surface area contributed by atoms with Crippen molar-refractivity contribution in [1.82, 2.24) is 15.2 Å². The summed E-state index contributed by atoms with van der Waals surface area (Å²) in [6.45, 7) is 1.65. The summed E-state index contributed by atoms with van der Waals surface area (Å²) in [6.07, 6.45) is 5.12. The lowest BCUT2D eigenvalue weighted by Crippen LogP contribution is -2.42. The second kappa shape index (κ2) is 10.1. The Morgan fingerprint density at radius 2 is 2.00 bits per heavy atom. The predicted molar refractivity (Wildman–Crippen MR) is 126 cm³/mol. The van der Waals surface area contributed by atoms with Gasteiger partial charge in [0.15, 0.2) is 11.3 Å². The molecule has 0 unspecified atom stereocenters. The average molecular weight is 468 g/mol. The van der Waals surface area contributed by atoms with Crippen LogP contribution < -0.4 is 15.7 Å². The Morgan fingerprint density at radius 3 is 2.73 bits per heavy atom. The molecular weight excluding hydrogens is 442 g/mol. The van der Waals surface area contributed by atoms with E-state index in [2.05, 4.69) is 10.3 Å². The fourth-order valence-electron chi connectivity index (χ4n) is 4.00. The molecule has 0 saturated carbocycles. The Hall–Kier alpha value is -3.33. The molecule has 1 aromatic carbocycles. The van der Waals surface area contributed by atoms with Gasteiger partial charge in [-0.1, -0.05) is 12.1 Å². The minimum atomic E-state index is -0.703. The molecule has 0 aliphatic carbocycles. The zero-order chi connectivity index (χ0) is 23.4. The molecule has 4 rings (SSSR count). The lowest BCUT2D eigenvalue weighted by Gasteiger charge is -2.32. The molecule has 0 radical (unpaired) electrons. The maximum Gasteiger partial charge on any atom is 0.349 e. The molecule has 2 amide bonds. The van der Waals surface area contributed by atoms with Crippen molar-refractivity contribution < 1.29 is 18.7 Å². The van der Waals surface area contributed by atoms with Crippen LogP contribution in [-0.2, 0) is 0 Å². The van der Waals surface area contributed by atoms with Gasteiger partial charge in [0.25, 0.3) is 11.8 Å². The molecule has 0 spiro atoms. The number of piperidine rings is 1. The number of hydrogen-bond donors (Lipinski definition) is 1. The van der Waals surface area contributed by atoms with Crippen LogP contribution in [0.15, 0.2) is 56.8 Å². The third-order valence-electron chi connectivity index (χ3n) is 5.84. The fraction of sp³-hybridized carbons (Fsp3) is 0.333. The second-order valence-corrected chi connectivity index (χ2v) is 8.63. The Labute approximate surface area is 195 Å². The number of likely N-dealkylation sites (tertiary alicyclic amines) is 1. The van der Waals surface area contributed by atoms with Crippen molar-refractivity contribution in [3.8, 4) is 5.75 Å². The Morgan fingerprint density at radius 1 is 1.21 bits per heavy atom. The van der Waals surface area contributed by atoms with Crippen LogP contribution in [0.4, 0.5) is 0 Å². The van der Waals surface area contributed by atoms with Gasteiger partial charge in [0.2, 0.25) is 0 Å². The molecular formula is C24H25N3O5S. The number of fused-ring (bicyclic) bond motifs is 1. The van der Waals surface area contributed by atoms with E-state index in [4.69, 9.17) is 9.15 Å². The summed E-state index contributed by atoms with van der Waals surface area (Å²) in [5.74, 6) is 0.180. The van der Waals surface area contributed by atoms with Crippen molar-refractivity contribution in [1.29, 1.82) is 0 Å². The Balaban J connectivity index is 1.35. The molecule has 0 bridgehead atoms. The molecule has 3 aromatic rings. The maximum absolute atomic E-state index is 12.9. The van der Waals surface area contributed by atoms with E-state index >= 15 is 0 Å². The minimum Gasteiger partial charge on any atom is -0.493 e. The number of ether oxygens (including phenoxy) is 1. The number of benzene rings is 1. The third-order valence-corrected chi connectivity index (χ3v) is 6.55. The highest BCUT2D eigenvalue weighted by atomic mass is 32.2. The number of hydrogen-bond acceptors (Lipinski definition) is 7. The van der Waals surface area contributed by atoms with Crippen LogP contribution in [0, 0.1) is 5.92 Å². The third kappa shape index (κ3) is 4.88. The maximum atomic E-state index is 12.9. The van der Waals surface area contributed by atoms with Crippen LogP contribution in [-0.4, -0.2) is 54.7 Å². The molecule has 2 aromatic heterocycles. The van der Waals surface area contributed by atoms with E-state index in [0.717, 1.165) is 17.9 Å². The highest BCUT2D eigenvalue weighted by Gasteiger charge is 2.26. The van der Waals surface area contributed by atoms with Crippen molar-refractivity contribution in [3.63, 3.8) is 0 Å². The van der Waals surface area contributed by atoms with Crippen LogP contribution in [0.3, 0.4) is 0 Å². The van der Waals surface area contributed by atoms with Crippen molar-refractivity contribution >= 4 is 34.5 Å². The van der Waals surface area contributed by atoms with Gasteiger partial charge < -0.3 is 19.4 Å².